The predicted octanol–water partition coefficient (Wildman–Crippen LogP) is 3.26. The first kappa shape index (κ1) is 16.8. The zero-order valence-electron chi connectivity index (χ0n) is 13.4. The standard InChI is InChI=1S/C18H20FNO3/c1-12(14-6-4-5-7-15(14)19)20-18(21)11-13-8-9-16(22-2)17(10-13)23-3/h4-10,12H,11H2,1-3H3,(H,20,21)/t12-/m0/s1. The molecule has 1 amide bonds. The van der Waals surface area contributed by atoms with Crippen LogP contribution in [-0.4, -0.2) is 20.1 Å². The molecule has 2 aromatic carbocycles. The van der Waals surface area contributed by atoms with Crippen LogP contribution in [0.15, 0.2) is 42.5 Å². The molecular weight excluding hydrogens is 297 g/mol. The molecule has 2 rings (SSSR count). The van der Waals surface area contributed by atoms with Crippen molar-refractivity contribution >= 4 is 5.91 Å². The van der Waals surface area contributed by atoms with Crippen LogP contribution in [0.5, 0.6) is 11.5 Å². The van der Waals surface area contributed by atoms with E-state index >= 15 is 0 Å². The van der Waals surface area contributed by atoms with Gasteiger partial charge >= 0.3 is 0 Å². The number of methoxy groups -OCH3 is 2. The molecule has 23 heavy (non-hydrogen) atoms. The quantitative estimate of drug-likeness (QED) is 0.889. The van der Waals surface area contributed by atoms with E-state index in [4.69, 9.17) is 9.47 Å². The van der Waals surface area contributed by atoms with E-state index in [0.29, 0.717) is 17.1 Å². The molecule has 0 radical (unpaired) electrons. The average molecular weight is 317 g/mol. The van der Waals surface area contributed by atoms with Crippen LogP contribution in [0.1, 0.15) is 24.1 Å². The Labute approximate surface area is 135 Å². The second-order valence-electron chi connectivity index (χ2n) is 5.18. The Bertz CT molecular complexity index is 688. The van der Waals surface area contributed by atoms with Crippen molar-refractivity contribution in [2.45, 2.75) is 19.4 Å². The van der Waals surface area contributed by atoms with Crippen LogP contribution in [0.3, 0.4) is 0 Å². The molecule has 1 atom stereocenters. The van der Waals surface area contributed by atoms with Crippen LogP contribution in [0.4, 0.5) is 4.39 Å². The molecule has 0 saturated carbocycles. The molecule has 0 aliphatic carbocycles. The smallest absolute Gasteiger partial charge is 0.224 e. The van der Waals surface area contributed by atoms with E-state index in [1.54, 1.807) is 57.5 Å². The van der Waals surface area contributed by atoms with E-state index in [0.717, 1.165) is 5.56 Å². The van der Waals surface area contributed by atoms with Gasteiger partial charge in [0.05, 0.1) is 26.7 Å². The Morgan fingerprint density at radius 3 is 2.48 bits per heavy atom. The molecule has 0 fully saturated rings. The van der Waals surface area contributed by atoms with Crippen molar-refractivity contribution in [3.8, 4) is 11.5 Å². The van der Waals surface area contributed by atoms with Crippen LogP contribution < -0.4 is 14.8 Å². The zero-order chi connectivity index (χ0) is 16.8. The molecule has 0 saturated heterocycles. The van der Waals surface area contributed by atoms with Gasteiger partial charge in [-0.3, -0.25) is 4.79 Å². The van der Waals surface area contributed by atoms with Gasteiger partial charge in [-0.05, 0) is 30.7 Å². The second-order valence-corrected chi connectivity index (χ2v) is 5.18. The monoisotopic (exact) mass is 317 g/mol. The Kier molecular flexibility index (Phi) is 5.57. The van der Waals surface area contributed by atoms with E-state index in [2.05, 4.69) is 5.32 Å². The third kappa shape index (κ3) is 4.22. The number of nitrogens with one attached hydrogen (secondary N) is 1. The van der Waals surface area contributed by atoms with Gasteiger partial charge in [-0.2, -0.15) is 0 Å². The fraction of sp³-hybridized carbons (Fsp3) is 0.278. The number of carbonyl (C=O) groups excluding carboxylic acids is 1. The highest BCUT2D eigenvalue weighted by Gasteiger charge is 2.14. The predicted molar refractivity (Wildman–Crippen MR) is 86.2 cm³/mol. The number of halogens is 1. The molecule has 1 N–H and O–H groups in total. The maximum absolute atomic E-state index is 13.7. The van der Waals surface area contributed by atoms with Gasteiger partial charge in [-0.15, -0.1) is 0 Å². The van der Waals surface area contributed by atoms with Gasteiger partial charge in [0.15, 0.2) is 11.5 Å². The number of hydrogen-bond donors (Lipinski definition) is 1. The Morgan fingerprint density at radius 1 is 1.13 bits per heavy atom. The summed E-state index contributed by atoms with van der Waals surface area (Å²) in [7, 11) is 3.10. The Balaban J connectivity index is 2.03. The van der Waals surface area contributed by atoms with Crippen molar-refractivity contribution in [3.63, 3.8) is 0 Å². The first-order chi connectivity index (χ1) is 11.0. The van der Waals surface area contributed by atoms with Gasteiger partial charge in [0.25, 0.3) is 0 Å². The van der Waals surface area contributed by atoms with Crippen LogP contribution in [0.25, 0.3) is 0 Å². The second kappa shape index (κ2) is 7.63. The lowest BCUT2D eigenvalue weighted by Crippen LogP contribution is -2.28. The molecule has 4 nitrogen and oxygen atoms in total. The molecule has 0 unspecified atom stereocenters. The first-order valence-corrected chi connectivity index (χ1v) is 7.30. The van der Waals surface area contributed by atoms with Crippen LogP contribution >= 0.6 is 0 Å². The number of rotatable bonds is 6. The van der Waals surface area contributed by atoms with Gasteiger partial charge < -0.3 is 14.8 Å². The summed E-state index contributed by atoms with van der Waals surface area (Å²) in [5.74, 6) is 0.663. The molecule has 2 aromatic rings. The van der Waals surface area contributed by atoms with Gasteiger partial charge in [0.1, 0.15) is 5.82 Å². The van der Waals surface area contributed by atoms with E-state index in [1.807, 2.05) is 0 Å². The summed E-state index contributed by atoms with van der Waals surface area (Å²) >= 11 is 0. The molecule has 0 aliphatic heterocycles. The molecule has 0 spiro atoms. The van der Waals surface area contributed by atoms with Crippen LogP contribution in [0, 0.1) is 5.82 Å². The van der Waals surface area contributed by atoms with Crippen molar-refractivity contribution < 1.29 is 18.7 Å². The van der Waals surface area contributed by atoms with Crippen molar-refractivity contribution in [2.24, 2.45) is 0 Å². The number of amides is 1. The zero-order valence-corrected chi connectivity index (χ0v) is 13.4. The highest BCUT2D eigenvalue weighted by molar-refractivity contribution is 5.79. The van der Waals surface area contributed by atoms with Gasteiger partial charge in [-0.25, -0.2) is 4.39 Å². The lowest BCUT2D eigenvalue weighted by Gasteiger charge is -2.15. The average Bonchev–Trinajstić information content (AvgIpc) is 2.54. The van der Waals surface area contributed by atoms with Crippen LogP contribution in [0.2, 0.25) is 0 Å². The SMILES string of the molecule is COc1ccc(CC(=O)N[C@@H](C)c2ccccc2F)cc1OC. The van der Waals surface area contributed by atoms with E-state index in [-0.39, 0.29) is 18.1 Å². The highest BCUT2D eigenvalue weighted by atomic mass is 19.1. The number of ether oxygens (including phenoxy) is 2. The lowest BCUT2D eigenvalue weighted by molar-refractivity contribution is -0.121. The third-order valence-electron chi connectivity index (χ3n) is 3.56. The van der Waals surface area contributed by atoms with Crippen LogP contribution in [-0.2, 0) is 11.2 Å². The van der Waals surface area contributed by atoms with Crippen molar-refractivity contribution in [3.05, 3.63) is 59.4 Å². The molecule has 122 valence electrons. The minimum atomic E-state index is -0.399. The van der Waals surface area contributed by atoms with E-state index in [9.17, 15) is 9.18 Å². The third-order valence-corrected chi connectivity index (χ3v) is 3.56. The highest BCUT2D eigenvalue weighted by Crippen LogP contribution is 2.27. The normalized spacial score (nSPS) is 11.7. The molecule has 0 heterocycles. The summed E-state index contributed by atoms with van der Waals surface area (Å²) in [4.78, 5) is 12.2. The van der Waals surface area contributed by atoms with Gasteiger partial charge in [0.2, 0.25) is 5.91 Å². The summed E-state index contributed by atoms with van der Waals surface area (Å²) in [5.41, 5.74) is 1.26. The molecular formula is C18H20FNO3. The molecule has 0 aromatic heterocycles. The first-order valence-electron chi connectivity index (χ1n) is 7.30. The summed E-state index contributed by atoms with van der Waals surface area (Å²) in [6.45, 7) is 1.75. The summed E-state index contributed by atoms with van der Waals surface area (Å²) in [6.07, 6.45) is 0.180. The number of benzene rings is 2. The number of hydrogen-bond acceptors (Lipinski definition) is 3. The van der Waals surface area contributed by atoms with Gasteiger partial charge in [0, 0.05) is 5.56 Å². The molecule has 0 bridgehead atoms. The van der Waals surface area contributed by atoms with E-state index in [1.165, 1.54) is 6.07 Å². The Morgan fingerprint density at radius 2 is 1.83 bits per heavy atom. The minimum absolute atomic E-state index is 0.180. The van der Waals surface area contributed by atoms with E-state index < -0.39 is 6.04 Å². The molecule has 0 aliphatic rings. The van der Waals surface area contributed by atoms with Crippen molar-refractivity contribution in [2.75, 3.05) is 14.2 Å². The fourth-order valence-electron chi connectivity index (χ4n) is 2.37. The maximum atomic E-state index is 13.7. The topological polar surface area (TPSA) is 47.6 Å². The largest absolute Gasteiger partial charge is 0.493 e. The van der Waals surface area contributed by atoms with Crippen molar-refractivity contribution in [1.82, 2.24) is 5.32 Å². The number of carbonyl (C=O) groups is 1. The lowest BCUT2D eigenvalue weighted by atomic mass is 10.1. The maximum Gasteiger partial charge on any atom is 0.224 e. The van der Waals surface area contributed by atoms with Crippen molar-refractivity contribution in [1.29, 1.82) is 0 Å². The summed E-state index contributed by atoms with van der Waals surface area (Å²) < 4.78 is 24.1. The summed E-state index contributed by atoms with van der Waals surface area (Å²) in [5, 5.41) is 2.80. The van der Waals surface area contributed by atoms with Gasteiger partial charge in [-0.1, -0.05) is 24.3 Å². The molecule has 5 heteroatoms. The summed E-state index contributed by atoms with van der Waals surface area (Å²) in [6, 6.07) is 11.3. The fourth-order valence-corrected chi connectivity index (χ4v) is 2.37. The Hall–Kier alpha value is -2.56. The minimum Gasteiger partial charge on any atom is -0.493 e.